The lowest BCUT2D eigenvalue weighted by molar-refractivity contribution is -0.0247. The first-order valence-corrected chi connectivity index (χ1v) is 8.57. The maximum Gasteiger partial charge on any atom is 0.0597 e. The van der Waals surface area contributed by atoms with E-state index in [1.807, 2.05) is 13.8 Å². The second kappa shape index (κ2) is 11.3. The van der Waals surface area contributed by atoms with Crippen molar-refractivity contribution in [2.75, 3.05) is 13.2 Å². The smallest absolute Gasteiger partial charge is 0.0597 e. The summed E-state index contributed by atoms with van der Waals surface area (Å²) in [5.41, 5.74) is 0. The van der Waals surface area contributed by atoms with E-state index in [0.717, 1.165) is 0 Å². The Morgan fingerprint density at radius 3 is 1.61 bits per heavy atom. The Morgan fingerprint density at radius 1 is 0.652 bits per heavy atom. The van der Waals surface area contributed by atoms with E-state index < -0.39 is 24.4 Å². The van der Waals surface area contributed by atoms with Crippen molar-refractivity contribution in [2.24, 2.45) is 23.7 Å². The molecule has 0 aromatic carbocycles. The molecular formula is C17H36O6. The zero-order valence-electron chi connectivity index (χ0n) is 14.8. The van der Waals surface area contributed by atoms with Gasteiger partial charge in [-0.2, -0.15) is 0 Å². The van der Waals surface area contributed by atoms with Crippen LogP contribution in [0.3, 0.4) is 0 Å². The Hall–Kier alpha value is -0.240. The van der Waals surface area contributed by atoms with E-state index in [0.29, 0.717) is 0 Å². The van der Waals surface area contributed by atoms with Crippen LogP contribution in [0, 0.1) is 23.7 Å². The first kappa shape index (κ1) is 22.8. The lowest BCUT2D eigenvalue weighted by Gasteiger charge is -2.32. The number of hydrogen-bond acceptors (Lipinski definition) is 6. The summed E-state index contributed by atoms with van der Waals surface area (Å²) in [6, 6.07) is 0. The van der Waals surface area contributed by atoms with Crippen molar-refractivity contribution in [3.63, 3.8) is 0 Å². The van der Waals surface area contributed by atoms with Gasteiger partial charge >= 0.3 is 0 Å². The highest BCUT2D eigenvalue weighted by Gasteiger charge is 2.30. The lowest BCUT2D eigenvalue weighted by Crippen LogP contribution is -2.36. The Morgan fingerprint density at radius 2 is 1.17 bits per heavy atom. The molecule has 0 aromatic rings. The maximum atomic E-state index is 10.2. The molecule has 0 bridgehead atoms. The molecule has 0 aromatic heterocycles. The number of rotatable bonds is 12. The molecule has 0 rings (SSSR count). The van der Waals surface area contributed by atoms with Gasteiger partial charge in [0.05, 0.1) is 24.4 Å². The van der Waals surface area contributed by atoms with E-state index in [9.17, 15) is 25.5 Å². The molecule has 0 spiro atoms. The van der Waals surface area contributed by atoms with Gasteiger partial charge < -0.3 is 30.6 Å². The number of aliphatic hydroxyl groups excluding tert-OH is 6. The fourth-order valence-electron chi connectivity index (χ4n) is 2.88. The van der Waals surface area contributed by atoms with Crippen LogP contribution in [0.15, 0.2) is 0 Å². The third-order valence-electron chi connectivity index (χ3n) is 4.95. The van der Waals surface area contributed by atoms with Gasteiger partial charge in [0.25, 0.3) is 0 Å². The number of hydrogen-bond donors (Lipinski definition) is 6. The summed E-state index contributed by atoms with van der Waals surface area (Å²) in [5, 5.41) is 58.5. The standard InChI is InChI=1S/C17H36O6/c1-10(8-18)13(4)16(22)7-14(21)6-15(11(2)9-19)17(23)5-12(3)20/h10-23H,5-9H2,1-4H3. The molecule has 23 heavy (non-hydrogen) atoms. The molecule has 0 saturated carbocycles. The van der Waals surface area contributed by atoms with Gasteiger partial charge in [0.15, 0.2) is 0 Å². The maximum absolute atomic E-state index is 10.2. The van der Waals surface area contributed by atoms with Gasteiger partial charge in [-0.05, 0) is 49.9 Å². The molecule has 0 aliphatic carbocycles. The SMILES string of the molecule is CC(O)CC(O)C(CC(O)CC(O)C(C)C(C)CO)C(C)CO. The Kier molecular flexibility index (Phi) is 11.2. The van der Waals surface area contributed by atoms with Crippen LogP contribution >= 0.6 is 0 Å². The van der Waals surface area contributed by atoms with Crippen molar-refractivity contribution in [3.05, 3.63) is 0 Å². The van der Waals surface area contributed by atoms with Crippen LogP contribution in [0.5, 0.6) is 0 Å². The van der Waals surface area contributed by atoms with Gasteiger partial charge in [0.2, 0.25) is 0 Å². The molecule has 0 aliphatic rings. The summed E-state index contributed by atoms with van der Waals surface area (Å²) in [6.07, 6.45) is -2.46. The third kappa shape index (κ3) is 8.42. The van der Waals surface area contributed by atoms with E-state index in [2.05, 4.69) is 0 Å². The molecule has 6 heteroatoms. The summed E-state index contributed by atoms with van der Waals surface area (Å²) in [5.74, 6) is -0.789. The summed E-state index contributed by atoms with van der Waals surface area (Å²) in [6.45, 7) is 6.90. The fourth-order valence-corrected chi connectivity index (χ4v) is 2.88. The first-order valence-electron chi connectivity index (χ1n) is 8.57. The normalized spacial score (nSPS) is 22.7. The van der Waals surface area contributed by atoms with E-state index >= 15 is 0 Å². The molecule has 8 atom stereocenters. The zero-order valence-corrected chi connectivity index (χ0v) is 14.8. The second-order valence-corrected chi connectivity index (χ2v) is 7.19. The minimum Gasteiger partial charge on any atom is -0.396 e. The molecule has 6 nitrogen and oxygen atoms in total. The Labute approximate surface area is 139 Å². The Balaban J connectivity index is 4.67. The zero-order chi connectivity index (χ0) is 18.2. The van der Waals surface area contributed by atoms with Gasteiger partial charge in [-0.1, -0.05) is 20.8 Å². The first-order chi connectivity index (χ1) is 10.6. The molecule has 0 saturated heterocycles. The lowest BCUT2D eigenvalue weighted by atomic mass is 9.80. The van der Waals surface area contributed by atoms with Gasteiger partial charge in [-0.15, -0.1) is 0 Å². The van der Waals surface area contributed by atoms with Gasteiger partial charge in [0.1, 0.15) is 0 Å². The molecule has 0 aliphatic heterocycles. The Bertz CT molecular complexity index is 299. The predicted octanol–water partition coefficient (Wildman–Crippen LogP) is 0.129. The summed E-state index contributed by atoms with van der Waals surface area (Å²) in [7, 11) is 0. The highest BCUT2D eigenvalue weighted by molar-refractivity contribution is 4.80. The van der Waals surface area contributed by atoms with E-state index in [1.165, 1.54) is 0 Å². The third-order valence-corrected chi connectivity index (χ3v) is 4.95. The highest BCUT2D eigenvalue weighted by atomic mass is 16.3. The van der Waals surface area contributed by atoms with Crippen LogP contribution in [0.1, 0.15) is 47.0 Å². The second-order valence-electron chi connectivity index (χ2n) is 7.19. The molecule has 140 valence electrons. The van der Waals surface area contributed by atoms with Crippen molar-refractivity contribution in [3.8, 4) is 0 Å². The summed E-state index contributed by atoms with van der Waals surface area (Å²) >= 11 is 0. The minimum absolute atomic E-state index is 0.0222. The molecule has 0 radical (unpaired) electrons. The van der Waals surface area contributed by atoms with Crippen LogP contribution < -0.4 is 0 Å². The largest absolute Gasteiger partial charge is 0.396 e. The van der Waals surface area contributed by atoms with E-state index in [-0.39, 0.29) is 56.1 Å². The predicted molar refractivity (Wildman–Crippen MR) is 88.7 cm³/mol. The molecular weight excluding hydrogens is 300 g/mol. The molecule has 0 amide bonds. The van der Waals surface area contributed by atoms with Gasteiger partial charge in [0, 0.05) is 13.2 Å². The quantitative estimate of drug-likeness (QED) is 0.301. The van der Waals surface area contributed by atoms with Crippen LogP contribution in [-0.4, -0.2) is 68.3 Å². The van der Waals surface area contributed by atoms with E-state index in [4.69, 9.17) is 5.11 Å². The summed E-state index contributed by atoms with van der Waals surface area (Å²) < 4.78 is 0. The minimum atomic E-state index is -0.822. The van der Waals surface area contributed by atoms with Gasteiger partial charge in [-0.3, -0.25) is 0 Å². The van der Waals surface area contributed by atoms with Crippen LogP contribution in [0.4, 0.5) is 0 Å². The topological polar surface area (TPSA) is 121 Å². The molecule has 0 fully saturated rings. The van der Waals surface area contributed by atoms with E-state index in [1.54, 1.807) is 13.8 Å². The van der Waals surface area contributed by atoms with Crippen LogP contribution in [-0.2, 0) is 0 Å². The monoisotopic (exact) mass is 336 g/mol. The van der Waals surface area contributed by atoms with Crippen molar-refractivity contribution in [1.29, 1.82) is 0 Å². The number of aliphatic hydroxyl groups is 6. The van der Waals surface area contributed by atoms with Crippen LogP contribution in [0.25, 0.3) is 0 Å². The molecule has 8 unspecified atom stereocenters. The van der Waals surface area contributed by atoms with Gasteiger partial charge in [-0.25, -0.2) is 0 Å². The van der Waals surface area contributed by atoms with Crippen molar-refractivity contribution in [1.82, 2.24) is 0 Å². The highest BCUT2D eigenvalue weighted by Crippen LogP contribution is 2.27. The van der Waals surface area contributed by atoms with Crippen molar-refractivity contribution >= 4 is 0 Å². The molecule has 6 N–H and O–H groups in total. The average Bonchev–Trinajstić information content (AvgIpc) is 2.49. The summed E-state index contributed by atoms with van der Waals surface area (Å²) in [4.78, 5) is 0. The van der Waals surface area contributed by atoms with Crippen molar-refractivity contribution < 1.29 is 30.6 Å². The fraction of sp³-hybridized carbons (Fsp3) is 1.00. The molecule has 0 heterocycles. The van der Waals surface area contributed by atoms with Crippen LogP contribution in [0.2, 0.25) is 0 Å². The average molecular weight is 336 g/mol. The van der Waals surface area contributed by atoms with Crippen molar-refractivity contribution in [2.45, 2.75) is 71.4 Å².